The molecule has 1 spiro atoms. The van der Waals surface area contributed by atoms with Gasteiger partial charge >= 0.3 is 0 Å². The fourth-order valence-electron chi connectivity index (χ4n) is 17.5. The highest BCUT2D eigenvalue weighted by molar-refractivity contribution is 8.29. The van der Waals surface area contributed by atoms with Gasteiger partial charge in [0.15, 0.2) is 0 Å². The highest BCUT2D eigenvalue weighted by Crippen LogP contribution is 2.89. The fraction of sp³-hybridized carbons (Fsp3) is 0.872. The molecule has 0 saturated carbocycles. The molecule has 4 rings (SSSR count). The summed E-state index contributed by atoms with van der Waals surface area (Å²) in [7, 11) is -14.2. The lowest BCUT2D eigenvalue weighted by Gasteiger charge is -2.72. The average molecular weight is 995 g/mol. The van der Waals surface area contributed by atoms with Crippen molar-refractivity contribution in [1.29, 1.82) is 0 Å². The maximum Gasteiger partial charge on any atom is 0.231 e. The van der Waals surface area contributed by atoms with Crippen LogP contribution in [0.3, 0.4) is 0 Å². The number of anilines is 1. The lowest BCUT2D eigenvalue weighted by Crippen LogP contribution is -2.81. The molecule has 2 nitrogen and oxygen atoms in total. The predicted molar refractivity (Wildman–Crippen MR) is 287 cm³/mol. The molecule has 0 bridgehead atoms. The Bertz CT molecular complexity index is 1490. The summed E-state index contributed by atoms with van der Waals surface area (Å²) in [4.78, 5) is 2.30. The smallest absolute Gasteiger partial charge is 0.231 e. The van der Waals surface area contributed by atoms with Crippen LogP contribution in [-0.2, 0) is 0 Å². The van der Waals surface area contributed by atoms with Gasteiger partial charge in [0.25, 0.3) is 0 Å². The molecule has 0 amide bonds. The Morgan fingerprint density at radius 2 is 0.709 bits per heavy atom. The molecule has 4 heterocycles. The van der Waals surface area contributed by atoms with E-state index in [1.807, 2.05) is 0 Å². The summed E-state index contributed by atoms with van der Waals surface area (Å²) in [5.74, 6) is 0. The van der Waals surface area contributed by atoms with E-state index in [0.717, 1.165) is 0 Å². The van der Waals surface area contributed by atoms with Gasteiger partial charge in [-0.3, -0.25) is 4.23 Å². The second-order valence-corrected chi connectivity index (χ2v) is 114. The zero-order chi connectivity index (χ0) is 43.5. The first kappa shape index (κ1) is 49.8. The van der Waals surface area contributed by atoms with Crippen molar-refractivity contribution in [1.82, 2.24) is 0 Å². The van der Waals surface area contributed by atoms with E-state index in [1.165, 1.54) is 31.4 Å². The highest BCUT2D eigenvalue weighted by atomic mass is 35.6. The maximum atomic E-state index is 10.2. The summed E-state index contributed by atoms with van der Waals surface area (Å²) in [5.41, 5.74) is 1.31. The Balaban J connectivity index is 2.59. The van der Waals surface area contributed by atoms with Crippen molar-refractivity contribution >= 4 is 120 Å². The number of nitrogens with zero attached hydrogens (tertiary/aromatic N) is 2. The molecule has 55 heavy (non-hydrogen) atoms. The monoisotopic (exact) mass is 992 g/mol. The Kier molecular flexibility index (Phi) is 12.3. The van der Waals surface area contributed by atoms with Crippen LogP contribution in [0.4, 0.5) is 5.69 Å². The molecular weight excluding hydrogens is 904 g/mol. The zero-order valence-electron chi connectivity index (χ0n) is 41.3. The van der Waals surface area contributed by atoms with Crippen LogP contribution in [0, 0.1) is 0 Å². The maximum absolute atomic E-state index is 10.2. The van der Waals surface area contributed by atoms with Gasteiger partial charge in [0, 0.05) is 103 Å². The molecule has 0 N–H and O–H groups in total. The van der Waals surface area contributed by atoms with E-state index < -0.39 is 92.5 Å². The minimum Gasteiger partial charge on any atom is -0.377 e. The summed E-state index contributed by atoms with van der Waals surface area (Å²) < 4.78 is 4.65. The molecule has 3 aliphatic heterocycles. The number of rotatable bonds is 11. The molecule has 0 aliphatic carbocycles. The molecule has 1 atom stereocenters. The Labute approximate surface area is 364 Å². The third kappa shape index (κ3) is 5.75. The summed E-state index contributed by atoms with van der Waals surface area (Å²) in [6, 6.07) is 4.93. The lowest BCUT2D eigenvalue weighted by molar-refractivity contribution is -0.532. The first-order valence-corrected chi connectivity index (χ1v) is 63.4. The molecule has 1 aromatic rings. The lowest BCUT2D eigenvalue weighted by atomic mass is 10.4. The largest absolute Gasteiger partial charge is 0.377 e. The quantitative estimate of drug-likeness (QED) is 0.158. The van der Waals surface area contributed by atoms with Crippen molar-refractivity contribution in [2.75, 3.05) is 19.0 Å². The molecule has 0 unspecified atom stereocenters. The second kappa shape index (κ2) is 13.6. The first-order chi connectivity index (χ1) is 23.9. The standard InChI is InChI=1S/C39H90Cl2N2Si12/c1-42(2)35-27-33-43(34-28-35)55(41)44(53(40)36(45(3,4)5,46(6,7)8)29-30-37(53,47(9,10)11)48(12,13)14)54(55)38(49(15,16)17,50(18,19)20)31-32-39(54,51(21,22)23)52(24,25)26/h27-28,33-34H,29-32H2,1-26H3/t55-/m0/s1. The van der Waals surface area contributed by atoms with Gasteiger partial charge in [-0.1, -0.05) is 200 Å². The van der Waals surface area contributed by atoms with Crippen LogP contribution in [0.2, 0.25) is 174 Å². The zero-order valence-corrected chi connectivity index (χ0v) is 54.8. The third-order valence-electron chi connectivity index (χ3n) is 17.6. The van der Waals surface area contributed by atoms with Crippen molar-refractivity contribution in [3.05, 3.63) is 24.5 Å². The second-order valence-electron chi connectivity index (χ2n) is 27.4. The topological polar surface area (TPSA) is 7.12 Å². The van der Waals surface area contributed by atoms with Crippen molar-refractivity contribution in [2.24, 2.45) is 0 Å². The van der Waals surface area contributed by atoms with Gasteiger partial charge in [0.05, 0.1) is 0 Å². The van der Waals surface area contributed by atoms with Crippen molar-refractivity contribution in [2.45, 2.75) is 200 Å². The molecule has 0 aromatic carbocycles. The molecule has 1 aromatic heterocycles. The third-order valence-corrected chi connectivity index (χ3v) is 171. The van der Waals surface area contributed by atoms with Crippen LogP contribution in [0.5, 0.6) is 0 Å². The van der Waals surface area contributed by atoms with Crippen LogP contribution < -0.4 is 9.13 Å². The molecular formula is C39H90Cl2N2Si12. The molecule has 3 aliphatic rings. The van der Waals surface area contributed by atoms with E-state index in [2.05, 4.69) is 205 Å². The number of aromatic nitrogens is 1. The Morgan fingerprint density at radius 3 is 0.927 bits per heavy atom. The normalized spacial score (nSPS) is 26.8. The van der Waals surface area contributed by atoms with Gasteiger partial charge in [0.1, 0.15) is 12.4 Å². The minimum atomic E-state index is -2.77. The van der Waals surface area contributed by atoms with Gasteiger partial charge in [-0.2, -0.15) is 0 Å². The van der Waals surface area contributed by atoms with E-state index in [9.17, 15) is 22.2 Å². The molecule has 0 radical (unpaired) electrons. The van der Waals surface area contributed by atoms with E-state index in [-0.39, 0.29) is 0 Å². The van der Waals surface area contributed by atoms with Gasteiger partial charge < -0.3 is 4.90 Å². The van der Waals surface area contributed by atoms with Crippen LogP contribution in [0.1, 0.15) is 25.7 Å². The van der Waals surface area contributed by atoms with Gasteiger partial charge in [-0.25, -0.2) is 11.1 Å². The fourth-order valence-corrected chi connectivity index (χ4v) is 321. The van der Waals surface area contributed by atoms with Crippen LogP contribution in [-0.4, -0.2) is 107 Å². The first-order valence-electron chi connectivity index (χ1n) is 21.9. The number of hydrogen-bond donors (Lipinski definition) is 0. The average Bonchev–Trinajstić information content (AvgIpc) is 3.17. The SMILES string of the molecule is CN(C)c1cc[n+]([Si@@]2(Cl)[Si-]([Si]3(Cl)C([Si](C)(C)C)([Si](C)(C)C)CCC3([Si](C)(C)C)[Si](C)(C)C)[Si]23C([Si](C)(C)C)([Si](C)(C)C)CCC3([Si](C)(C)C)[Si](C)(C)C)cc1. The van der Waals surface area contributed by atoms with E-state index in [0.29, 0.717) is 17.1 Å². The summed E-state index contributed by atoms with van der Waals surface area (Å²) in [6.45, 7) is 63.3. The summed E-state index contributed by atoms with van der Waals surface area (Å²) in [6.07, 6.45) is 11.0. The Hall–Kier alpha value is 2.13. The Morgan fingerprint density at radius 1 is 0.473 bits per heavy atom. The van der Waals surface area contributed by atoms with Crippen molar-refractivity contribution in [3.8, 4) is 0 Å². The minimum absolute atomic E-state index is 0.370. The summed E-state index contributed by atoms with van der Waals surface area (Å²) in [5, 5.41) is 0. The molecule has 3 fully saturated rings. The predicted octanol–water partition coefficient (Wildman–Crippen LogP) is 13.6. The van der Waals surface area contributed by atoms with Crippen LogP contribution in [0.25, 0.3) is 0 Å². The number of halogens is 2. The van der Waals surface area contributed by atoms with Gasteiger partial charge in [-0.15, -0.1) is 18.4 Å². The molecule has 3 saturated heterocycles. The van der Waals surface area contributed by atoms with E-state index >= 15 is 0 Å². The number of pyridine rings is 1. The van der Waals surface area contributed by atoms with Gasteiger partial charge in [0.2, 0.25) is 6.58 Å². The van der Waals surface area contributed by atoms with E-state index in [1.54, 1.807) is 0 Å². The van der Waals surface area contributed by atoms with Crippen LogP contribution in [0.15, 0.2) is 24.5 Å². The van der Waals surface area contributed by atoms with Crippen molar-refractivity contribution in [3.63, 3.8) is 0 Å². The van der Waals surface area contributed by atoms with E-state index in [4.69, 9.17) is 0 Å². The number of hydrogen-bond acceptors (Lipinski definition) is 1. The summed E-state index contributed by atoms with van der Waals surface area (Å²) >= 11 is 20.1. The van der Waals surface area contributed by atoms with Gasteiger partial charge in [-0.05, 0) is 7.11 Å². The van der Waals surface area contributed by atoms with Crippen LogP contribution >= 0.6 is 22.2 Å². The highest BCUT2D eigenvalue weighted by Gasteiger charge is 2.99. The molecule has 318 valence electrons. The molecule has 16 heteroatoms. The van der Waals surface area contributed by atoms with Crippen molar-refractivity contribution < 1.29 is 4.23 Å².